The van der Waals surface area contributed by atoms with Gasteiger partial charge in [0.2, 0.25) is 11.8 Å². The summed E-state index contributed by atoms with van der Waals surface area (Å²) in [5.74, 6) is 0.507. The van der Waals surface area contributed by atoms with Gasteiger partial charge in [0.25, 0.3) is 0 Å². The molecule has 1 unspecified atom stereocenters. The molecule has 5 rings (SSSR count). The van der Waals surface area contributed by atoms with Crippen molar-refractivity contribution in [2.24, 2.45) is 11.3 Å². The molecule has 1 spiro atoms. The average molecular weight is 553 g/mol. The van der Waals surface area contributed by atoms with Crippen molar-refractivity contribution in [2.45, 2.75) is 68.8 Å². The monoisotopic (exact) mass is 552 g/mol. The molecule has 2 saturated heterocycles. The number of hydrogen-bond acceptors (Lipinski definition) is 6. The molecule has 1 N–H and O–H groups in total. The molecular weight excluding hydrogens is 512 g/mol. The molecule has 2 aromatic rings. The van der Waals surface area contributed by atoms with E-state index in [9.17, 15) is 18.0 Å². The zero-order valence-electron chi connectivity index (χ0n) is 22.8. The average Bonchev–Trinajstić information content (AvgIpc) is 3.58. The number of carbonyl (C=O) groups is 2. The van der Waals surface area contributed by atoms with Gasteiger partial charge in [-0.15, -0.1) is 0 Å². The Morgan fingerprint density at radius 3 is 2.38 bits per heavy atom. The van der Waals surface area contributed by atoms with E-state index in [2.05, 4.69) is 15.2 Å². The number of carbonyl (C=O) groups excluding carboxylic acids is 2. The molecule has 8 nitrogen and oxygen atoms in total. The fourth-order valence-corrected chi connectivity index (χ4v) is 7.07. The molecule has 39 heavy (non-hydrogen) atoms. The van der Waals surface area contributed by atoms with Crippen LogP contribution in [0.3, 0.4) is 0 Å². The number of nitrogens with one attached hydrogen (secondary N) is 1. The van der Waals surface area contributed by atoms with E-state index in [0.717, 1.165) is 88.8 Å². The second kappa shape index (κ2) is 11.8. The maximum absolute atomic E-state index is 13.5. The van der Waals surface area contributed by atoms with Crippen LogP contribution in [0.25, 0.3) is 0 Å². The molecule has 3 fully saturated rings. The molecule has 0 radical (unpaired) electrons. The van der Waals surface area contributed by atoms with Gasteiger partial charge in [-0.2, -0.15) is 0 Å². The number of rotatable bonds is 9. The minimum Gasteiger partial charge on any atom is -0.347 e. The smallest absolute Gasteiger partial charge is 0.229 e. The number of hydrogen-bond donors (Lipinski definition) is 1. The van der Waals surface area contributed by atoms with Crippen molar-refractivity contribution >= 4 is 21.7 Å². The molecule has 0 bridgehead atoms. The molecule has 1 atom stereocenters. The summed E-state index contributed by atoms with van der Waals surface area (Å²) in [5.41, 5.74) is 1.56. The van der Waals surface area contributed by atoms with E-state index in [1.165, 1.54) is 6.26 Å². The number of nitrogens with zero attached hydrogens (tertiary/aromatic N) is 3. The van der Waals surface area contributed by atoms with Crippen LogP contribution >= 0.6 is 0 Å². The predicted octanol–water partition coefficient (Wildman–Crippen LogP) is 3.74. The Labute approximate surface area is 232 Å². The van der Waals surface area contributed by atoms with Crippen molar-refractivity contribution in [2.75, 3.05) is 32.4 Å². The maximum atomic E-state index is 13.5. The molecule has 210 valence electrons. The Hall–Kier alpha value is -2.78. The molecule has 1 saturated carbocycles. The molecule has 3 heterocycles. The van der Waals surface area contributed by atoms with Gasteiger partial charge in [-0.1, -0.05) is 31.0 Å². The lowest BCUT2D eigenvalue weighted by Gasteiger charge is -2.38. The highest BCUT2D eigenvalue weighted by Crippen LogP contribution is 2.42. The Kier molecular flexibility index (Phi) is 8.38. The third kappa shape index (κ3) is 6.52. The lowest BCUT2D eigenvalue weighted by atomic mass is 9.77. The second-order valence-electron chi connectivity index (χ2n) is 11.6. The van der Waals surface area contributed by atoms with Gasteiger partial charge >= 0.3 is 0 Å². The van der Waals surface area contributed by atoms with Gasteiger partial charge in [-0.25, -0.2) is 8.42 Å². The topological polar surface area (TPSA) is 99.7 Å². The Morgan fingerprint density at radius 2 is 1.74 bits per heavy atom. The first-order valence-corrected chi connectivity index (χ1v) is 16.1. The molecule has 1 aromatic carbocycles. The van der Waals surface area contributed by atoms with Crippen molar-refractivity contribution in [3.05, 3.63) is 59.9 Å². The highest BCUT2D eigenvalue weighted by molar-refractivity contribution is 7.90. The molecule has 1 aromatic heterocycles. The zero-order valence-corrected chi connectivity index (χ0v) is 23.7. The summed E-state index contributed by atoms with van der Waals surface area (Å²) in [7, 11) is -3.23. The molecule has 9 heteroatoms. The number of sulfone groups is 1. The van der Waals surface area contributed by atoms with Gasteiger partial charge in [0.15, 0.2) is 9.84 Å². The van der Waals surface area contributed by atoms with Crippen molar-refractivity contribution < 1.29 is 18.0 Å². The fraction of sp³-hybridized carbons (Fsp3) is 0.567. The number of aromatic nitrogens is 1. The highest BCUT2D eigenvalue weighted by Gasteiger charge is 2.47. The van der Waals surface area contributed by atoms with E-state index in [1.54, 1.807) is 30.5 Å². The van der Waals surface area contributed by atoms with Crippen LogP contribution in [0.1, 0.15) is 68.7 Å². The predicted molar refractivity (Wildman–Crippen MR) is 149 cm³/mol. The van der Waals surface area contributed by atoms with Crippen molar-refractivity contribution in [1.29, 1.82) is 0 Å². The van der Waals surface area contributed by atoms with Gasteiger partial charge in [-0.05, 0) is 81.4 Å². The third-order valence-electron chi connectivity index (χ3n) is 8.96. The van der Waals surface area contributed by atoms with E-state index in [0.29, 0.717) is 11.4 Å². The summed E-state index contributed by atoms with van der Waals surface area (Å²) in [6.07, 6.45) is 10.6. The lowest BCUT2D eigenvalue weighted by molar-refractivity contribution is -0.139. The van der Waals surface area contributed by atoms with Crippen LogP contribution in [0.2, 0.25) is 0 Å². The number of benzene rings is 1. The van der Waals surface area contributed by atoms with Gasteiger partial charge < -0.3 is 15.1 Å². The highest BCUT2D eigenvalue weighted by atomic mass is 32.2. The minimum atomic E-state index is -3.23. The SMILES string of the molecule is CS(=O)(=O)c1ccc(CN2CCC3(CCN(CCC(NC(=O)C4CCCC4)c4ccccn4)CC3)C2=O)cc1. The number of piperidine rings is 1. The lowest BCUT2D eigenvalue weighted by Crippen LogP contribution is -2.45. The number of pyridine rings is 1. The largest absolute Gasteiger partial charge is 0.347 e. The van der Waals surface area contributed by atoms with Gasteiger partial charge in [0, 0.05) is 38.0 Å². The van der Waals surface area contributed by atoms with E-state index in [4.69, 9.17) is 0 Å². The van der Waals surface area contributed by atoms with Crippen LogP contribution in [-0.2, 0) is 26.0 Å². The van der Waals surface area contributed by atoms with Crippen LogP contribution in [0.15, 0.2) is 53.6 Å². The number of likely N-dealkylation sites (tertiary alicyclic amines) is 2. The first kappa shape index (κ1) is 27.8. The van der Waals surface area contributed by atoms with Gasteiger partial charge in [0.05, 0.1) is 22.0 Å². The number of amides is 2. The summed E-state index contributed by atoms with van der Waals surface area (Å²) >= 11 is 0. The van der Waals surface area contributed by atoms with E-state index >= 15 is 0 Å². The summed E-state index contributed by atoms with van der Waals surface area (Å²) in [6.45, 7) is 3.84. The summed E-state index contributed by atoms with van der Waals surface area (Å²) in [4.78, 5) is 35.5. The molecular formula is C30H40N4O4S. The fourth-order valence-electron chi connectivity index (χ4n) is 6.44. The van der Waals surface area contributed by atoms with E-state index < -0.39 is 9.84 Å². The van der Waals surface area contributed by atoms with Crippen molar-refractivity contribution in [3.63, 3.8) is 0 Å². The van der Waals surface area contributed by atoms with Crippen LogP contribution in [0.4, 0.5) is 0 Å². The summed E-state index contributed by atoms with van der Waals surface area (Å²) < 4.78 is 23.5. The zero-order chi connectivity index (χ0) is 27.5. The van der Waals surface area contributed by atoms with Gasteiger partial charge in [-0.3, -0.25) is 14.6 Å². The van der Waals surface area contributed by atoms with E-state index in [-0.39, 0.29) is 29.2 Å². The molecule has 1 aliphatic carbocycles. The van der Waals surface area contributed by atoms with Crippen LogP contribution < -0.4 is 5.32 Å². The first-order valence-electron chi connectivity index (χ1n) is 14.3. The van der Waals surface area contributed by atoms with E-state index in [1.807, 2.05) is 23.1 Å². The Morgan fingerprint density at radius 1 is 1.05 bits per heavy atom. The standard InChI is InChI=1S/C30H40N4O4S/c1-39(37,38)25-11-9-23(10-12-25)22-34-21-16-30(29(34)36)14-19-33(20-15-30)18-13-27(26-8-4-5-17-31-26)32-28(35)24-6-2-3-7-24/h4-5,8-12,17,24,27H,2-3,6-7,13-16,18-22H2,1H3,(H,32,35). The first-order chi connectivity index (χ1) is 18.7. The van der Waals surface area contributed by atoms with Crippen LogP contribution in [0, 0.1) is 11.3 Å². The van der Waals surface area contributed by atoms with Crippen molar-refractivity contribution in [1.82, 2.24) is 20.1 Å². The normalized spacial score (nSPS) is 20.9. The van der Waals surface area contributed by atoms with Crippen LogP contribution in [0.5, 0.6) is 0 Å². The van der Waals surface area contributed by atoms with Crippen molar-refractivity contribution in [3.8, 4) is 0 Å². The molecule has 3 aliphatic rings. The summed E-state index contributed by atoms with van der Waals surface area (Å²) in [6, 6.07) is 12.6. The van der Waals surface area contributed by atoms with Gasteiger partial charge in [0.1, 0.15) is 0 Å². The third-order valence-corrected chi connectivity index (χ3v) is 10.1. The minimum absolute atomic E-state index is 0.104. The Balaban J connectivity index is 1.14. The van der Waals surface area contributed by atoms with Crippen LogP contribution in [-0.4, -0.2) is 67.5 Å². The molecule has 2 amide bonds. The maximum Gasteiger partial charge on any atom is 0.229 e. The quantitative estimate of drug-likeness (QED) is 0.509. The summed E-state index contributed by atoms with van der Waals surface area (Å²) in [5, 5.41) is 3.29. The molecule has 2 aliphatic heterocycles. The Bertz CT molecular complexity index is 1250. The second-order valence-corrected chi connectivity index (χ2v) is 13.6.